The Kier molecular flexibility index (Phi) is 10.9. The van der Waals surface area contributed by atoms with Gasteiger partial charge in [-0.2, -0.15) is 0 Å². The molecule has 0 heterocycles. The number of allylic oxidation sites excluding steroid dienone is 4. The Bertz CT molecular complexity index is 441. The maximum Gasteiger partial charge on any atom is -1.00 e. The van der Waals surface area contributed by atoms with E-state index in [1.165, 1.54) is 6.42 Å². The van der Waals surface area contributed by atoms with Crippen LogP contribution in [0.2, 0.25) is 0 Å². The fourth-order valence-corrected chi connectivity index (χ4v) is 4.97. The number of benzene rings is 1. The minimum atomic E-state index is -0.240. The van der Waals surface area contributed by atoms with Gasteiger partial charge in [0.05, 0.1) is 0 Å². The van der Waals surface area contributed by atoms with Gasteiger partial charge in [0.1, 0.15) is 0 Å². The molecule has 0 spiro atoms. The van der Waals surface area contributed by atoms with E-state index in [0.717, 1.165) is 0 Å². The molecule has 0 saturated carbocycles. The molecule has 1 aromatic rings. The summed E-state index contributed by atoms with van der Waals surface area (Å²) in [4.78, 5) is 0. The summed E-state index contributed by atoms with van der Waals surface area (Å²) in [5, 5.41) is 3.25. The van der Waals surface area contributed by atoms with E-state index in [4.69, 9.17) is 0 Å². The van der Waals surface area contributed by atoms with Crippen LogP contribution in [0, 0.1) is 0 Å². The summed E-state index contributed by atoms with van der Waals surface area (Å²) in [6.45, 7) is 4.56. The average Bonchev–Trinajstić information content (AvgIpc) is 2.47. The molecule has 5 heteroatoms. The van der Waals surface area contributed by atoms with E-state index in [9.17, 15) is 0 Å². The molecule has 0 amide bonds. The van der Waals surface area contributed by atoms with Gasteiger partial charge in [-0.25, -0.2) is 0 Å². The second kappa shape index (κ2) is 9.41. The van der Waals surface area contributed by atoms with Crippen molar-refractivity contribution in [3.8, 4) is 0 Å². The zero-order chi connectivity index (χ0) is 10.8. The monoisotopic (exact) mass is 352 g/mol. The molecule has 0 N–H and O–H groups in total. The normalized spacial score (nSPS) is 14.4. The first kappa shape index (κ1) is 20.8. The van der Waals surface area contributed by atoms with Crippen LogP contribution in [-0.4, -0.2) is 9.52 Å². The SMILES string of the molecule is CC1=C(C)C([SiH2]c2ccccc2)=[C]([Ti+3])C1.[Cl-].[Cl-].[Cl-]. The van der Waals surface area contributed by atoms with Gasteiger partial charge in [0.15, 0.2) is 0 Å². The van der Waals surface area contributed by atoms with Crippen LogP contribution in [-0.2, 0) is 20.4 Å². The summed E-state index contributed by atoms with van der Waals surface area (Å²) in [5.41, 5.74) is 3.15. The van der Waals surface area contributed by atoms with E-state index >= 15 is 0 Å². The van der Waals surface area contributed by atoms with Crippen molar-refractivity contribution in [3.05, 3.63) is 50.6 Å². The largest absolute Gasteiger partial charge is 1.00 e. The fraction of sp³-hybridized carbons (Fsp3) is 0.231. The maximum absolute atomic E-state index is 2.30. The van der Waals surface area contributed by atoms with Gasteiger partial charge in [-0.05, 0) is 0 Å². The Labute approximate surface area is 142 Å². The Morgan fingerprint density at radius 2 is 1.56 bits per heavy atom. The second-order valence-corrected chi connectivity index (χ2v) is 7.02. The molecule has 18 heavy (non-hydrogen) atoms. The van der Waals surface area contributed by atoms with E-state index in [2.05, 4.69) is 64.6 Å². The minimum absolute atomic E-state index is 0. The predicted molar refractivity (Wildman–Crippen MR) is 64.6 cm³/mol. The van der Waals surface area contributed by atoms with Crippen LogP contribution in [0.5, 0.6) is 0 Å². The molecule has 0 unspecified atom stereocenters. The van der Waals surface area contributed by atoms with Crippen LogP contribution >= 0.6 is 0 Å². The first-order valence-corrected chi connectivity index (χ1v) is 7.52. The van der Waals surface area contributed by atoms with Crippen molar-refractivity contribution in [2.45, 2.75) is 20.3 Å². The van der Waals surface area contributed by atoms with E-state index in [1.807, 2.05) is 0 Å². The zero-order valence-corrected chi connectivity index (χ0v) is 15.7. The number of hydrogen-bond donors (Lipinski definition) is 0. The van der Waals surface area contributed by atoms with Crippen molar-refractivity contribution < 1.29 is 57.7 Å². The minimum Gasteiger partial charge on any atom is -1.00 e. The van der Waals surface area contributed by atoms with E-state index in [1.54, 1.807) is 25.4 Å². The van der Waals surface area contributed by atoms with Crippen molar-refractivity contribution in [2.75, 3.05) is 0 Å². The molecule has 0 aromatic heterocycles. The quantitative estimate of drug-likeness (QED) is 0.464. The van der Waals surface area contributed by atoms with Crippen molar-refractivity contribution in [2.24, 2.45) is 0 Å². The van der Waals surface area contributed by atoms with E-state index < -0.39 is 0 Å². The molecule has 0 fully saturated rings. The van der Waals surface area contributed by atoms with Crippen LogP contribution in [0.15, 0.2) is 50.6 Å². The molecular weight excluding hydrogens is 338 g/mol. The summed E-state index contributed by atoms with van der Waals surface area (Å²) in [5.74, 6) is 0. The summed E-state index contributed by atoms with van der Waals surface area (Å²) in [6.07, 6.45) is 1.21. The second-order valence-electron chi connectivity index (χ2n) is 4.20. The molecule has 1 aromatic carbocycles. The third kappa shape index (κ3) is 4.88. The molecule has 2 rings (SSSR count). The Hall–Kier alpha value is 0.501. The zero-order valence-electron chi connectivity index (χ0n) is 10.4. The molecule has 0 atom stereocenters. The van der Waals surface area contributed by atoms with Crippen molar-refractivity contribution in [1.82, 2.24) is 0 Å². The van der Waals surface area contributed by atoms with Gasteiger partial charge >= 0.3 is 106 Å². The smallest absolute Gasteiger partial charge is 1.00 e. The summed E-state index contributed by atoms with van der Waals surface area (Å²) >= 11 is 2.30. The third-order valence-corrected chi connectivity index (χ3v) is 6.61. The van der Waals surface area contributed by atoms with Crippen molar-refractivity contribution in [1.29, 1.82) is 0 Å². The average molecular weight is 354 g/mol. The van der Waals surface area contributed by atoms with Gasteiger partial charge in [-0.15, -0.1) is 0 Å². The van der Waals surface area contributed by atoms with Gasteiger partial charge in [-0.1, -0.05) is 0 Å². The van der Waals surface area contributed by atoms with E-state index in [-0.39, 0.29) is 46.7 Å². The van der Waals surface area contributed by atoms with Crippen LogP contribution in [0.4, 0.5) is 0 Å². The molecule has 0 bridgehead atoms. The van der Waals surface area contributed by atoms with Crippen molar-refractivity contribution >= 4 is 14.7 Å². The standard InChI is InChI=1S/C13H15Si.3ClH.Ti/c1-10-8-9-13(11(10)2)14-12-6-4-3-5-7-12;;;;/h3-7H,8,14H2,1-2H3;3*1H;/q;;;;+3/p-3. The third-order valence-electron chi connectivity index (χ3n) is 3.12. The first-order valence-electron chi connectivity index (χ1n) is 5.32. The van der Waals surface area contributed by atoms with E-state index in [0.29, 0.717) is 0 Å². The molecular formula is C13H15Cl3SiTi. The van der Waals surface area contributed by atoms with Gasteiger partial charge in [-0.3, -0.25) is 0 Å². The first-order chi connectivity index (χ1) is 7.18. The molecule has 0 radical (unpaired) electrons. The Morgan fingerprint density at radius 3 is 2.00 bits per heavy atom. The van der Waals surface area contributed by atoms with Gasteiger partial charge < -0.3 is 37.2 Å². The summed E-state index contributed by atoms with van der Waals surface area (Å²) in [7, 11) is -0.240. The maximum atomic E-state index is 2.30. The molecule has 1 aliphatic rings. The molecule has 0 aliphatic heterocycles. The molecule has 1 aliphatic carbocycles. The number of hydrogen-bond acceptors (Lipinski definition) is 0. The van der Waals surface area contributed by atoms with Gasteiger partial charge in [0, 0.05) is 0 Å². The van der Waals surface area contributed by atoms with Gasteiger partial charge in [0.25, 0.3) is 0 Å². The van der Waals surface area contributed by atoms with Gasteiger partial charge in [0.2, 0.25) is 0 Å². The Balaban J connectivity index is 0. The molecule has 96 valence electrons. The molecule has 0 nitrogen and oxygen atoms in total. The summed E-state index contributed by atoms with van der Waals surface area (Å²) in [6, 6.07) is 10.9. The summed E-state index contributed by atoms with van der Waals surface area (Å²) < 4.78 is 1.61. The topological polar surface area (TPSA) is 0 Å². The fourth-order valence-electron chi connectivity index (χ4n) is 2.03. The van der Waals surface area contributed by atoms with Crippen molar-refractivity contribution in [3.63, 3.8) is 0 Å². The molecule has 0 saturated heterocycles. The predicted octanol–water partition coefficient (Wildman–Crippen LogP) is -7.01. The number of halogens is 3. The van der Waals surface area contributed by atoms with Crippen LogP contribution < -0.4 is 42.4 Å². The van der Waals surface area contributed by atoms with Crippen LogP contribution in [0.25, 0.3) is 0 Å². The Morgan fingerprint density at radius 1 is 1.00 bits per heavy atom. The van der Waals surface area contributed by atoms with Crippen LogP contribution in [0.1, 0.15) is 20.3 Å². The van der Waals surface area contributed by atoms with Crippen LogP contribution in [0.3, 0.4) is 0 Å². The number of rotatable bonds is 2.